The predicted molar refractivity (Wildman–Crippen MR) is 102 cm³/mol. The van der Waals surface area contributed by atoms with Crippen LogP contribution >= 0.6 is 0 Å². The van der Waals surface area contributed by atoms with E-state index in [1.165, 1.54) is 29.5 Å². The fourth-order valence-electron chi connectivity index (χ4n) is 3.61. The Kier molecular flexibility index (Phi) is 6.04. The minimum Gasteiger partial charge on any atom is -0.438 e. The normalized spacial score (nSPS) is 12.3. The van der Waals surface area contributed by atoms with Gasteiger partial charge in [0.1, 0.15) is 5.75 Å². The number of rotatable bonds is 6. The van der Waals surface area contributed by atoms with Gasteiger partial charge in [-0.3, -0.25) is 0 Å². The van der Waals surface area contributed by atoms with Crippen molar-refractivity contribution in [3.63, 3.8) is 0 Å². The van der Waals surface area contributed by atoms with Gasteiger partial charge in [-0.1, -0.05) is 38.0 Å². The molecule has 1 unspecified atom stereocenters. The maximum atomic E-state index is 6.31. The summed E-state index contributed by atoms with van der Waals surface area (Å²) in [6.07, 6.45) is 3.56. The molecule has 0 saturated heterocycles. The van der Waals surface area contributed by atoms with Crippen molar-refractivity contribution in [2.75, 3.05) is 0 Å². The van der Waals surface area contributed by atoms with Crippen molar-refractivity contribution in [2.24, 2.45) is 0 Å². The van der Waals surface area contributed by atoms with Gasteiger partial charge in [0.2, 0.25) is 5.88 Å². The van der Waals surface area contributed by atoms with Crippen molar-refractivity contribution in [3.8, 4) is 11.6 Å². The topological polar surface area (TPSA) is 22.1 Å². The first-order valence-corrected chi connectivity index (χ1v) is 9.11. The van der Waals surface area contributed by atoms with Gasteiger partial charge in [0.15, 0.2) is 0 Å². The van der Waals surface area contributed by atoms with Gasteiger partial charge in [-0.15, -0.1) is 0 Å². The van der Waals surface area contributed by atoms with Crippen molar-refractivity contribution in [2.45, 2.75) is 73.6 Å². The molecule has 2 heteroatoms. The summed E-state index contributed by atoms with van der Waals surface area (Å²) < 4.78 is 6.31. The highest BCUT2D eigenvalue weighted by atomic mass is 16.5. The molecule has 2 nitrogen and oxygen atoms in total. The molecular weight excluding hydrogens is 294 g/mol. The molecule has 1 atom stereocenters. The quantitative estimate of drug-likeness (QED) is 0.589. The van der Waals surface area contributed by atoms with E-state index in [2.05, 4.69) is 71.6 Å². The molecule has 0 aliphatic heterocycles. The monoisotopic (exact) mass is 325 g/mol. The first-order valence-electron chi connectivity index (χ1n) is 9.11. The van der Waals surface area contributed by atoms with E-state index < -0.39 is 0 Å². The molecule has 2 aromatic rings. The number of pyridine rings is 1. The molecule has 0 spiro atoms. The van der Waals surface area contributed by atoms with E-state index in [-0.39, 0.29) is 0 Å². The van der Waals surface area contributed by atoms with Crippen LogP contribution in [0.3, 0.4) is 0 Å². The number of benzene rings is 1. The zero-order valence-corrected chi connectivity index (χ0v) is 16.3. The lowest BCUT2D eigenvalue weighted by molar-refractivity contribution is 0.447. The van der Waals surface area contributed by atoms with Crippen LogP contribution in [0.2, 0.25) is 0 Å². The summed E-state index contributed by atoms with van der Waals surface area (Å²) in [5, 5.41) is 0. The minimum atomic E-state index is 0.583. The van der Waals surface area contributed by atoms with Crippen molar-refractivity contribution >= 4 is 0 Å². The number of hydrogen-bond donors (Lipinski definition) is 0. The smallest absolute Gasteiger partial charge is 0.222 e. The standard InChI is InChI=1S/C22H31NO/c1-8-10-19(9-2)20-13-17(6)23-22(18(20)7)24-21-15(4)11-14(3)12-16(21)5/h11-13,19H,8-10H2,1-7H3. The van der Waals surface area contributed by atoms with Gasteiger partial charge in [-0.25, -0.2) is 4.98 Å². The number of aromatic nitrogens is 1. The first-order chi connectivity index (χ1) is 11.4. The van der Waals surface area contributed by atoms with E-state index in [9.17, 15) is 0 Å². The van der Waals surface area contributed by atoms with Crippen LogP contribution in [0.25, 0.3) is 0 Å². The van der Waals surface area contributed by atoms with Crippen molar-refractivity contribution in [1.29, 1.82) is 0 Å². The van der Waals surface area contributed by atoms with Crippen LogP contribution in [0.1, 0.15) is 72.5 Å². The molecule has 0 fully saturated rings. The van der Waals surface area contributed by atoms with Crippen LogP contribution in [-0.4, -0.2) is 4.98 Å². The molecule has 0 N–H and O–H groups in total. The van der Waals surface area contributed by atoms with Crippen LogP contribution in [0, 0.1) is 34.6 Å². The highest BCUT2D eigenvalue weighted by molar-refractivity contribution is 5.47. The third kappa shape index (κ3) is 3.98. The maximum absolute atomic E-state index is 6.31. The van der Waals surface area contributed by atoms with Gasteiger partial charge in [-0.2, -0.15) is 0 Å². The Morgan fingerprint density at radius 3 is 2.12 bits per heavy atom. The second-order valence-electron chi connectivity index (χ2n) is 7.01. The molecule has 1 heterocycles. The van der Waals surface area contributed by atoms with Gasteiger partial charge in [-0.05, 0) is 76.1 Å². The summed E-state index contributed by atoms with van der Waals surface area (Å²) in [6, 6.07) is 6.57. The van der Waals surface area contributed by atoms with Gasteiger partial charge in [0.05, 0.1) is 0 Å². The first kappa shape index (κ1) is 18.5. The van der Waals surface area contributed by atoms with E-state index in [4.69, 9.17) is 4.74 Å². The van der Waals surface area contributed by atoms with Crippen molar-refractivity contribution in [3.05, 3.63) is 51.7 Å². The number of hydrogen-bond acceptors (Lipinski definition) is 2. The molecule has 0 aliphatic carbocycles. The summed E-state index contributed by atoms with van der Waals surface area (Å²) in [7, 11) is 0. The molecule has 1 aromatic heterocycles. The van der Waals surface area contributed by atoms with E-state index in [1.807, 2.05) is 0 Å². The third-order valence-corrected chi connectivity index (χ3v) is 4.77. The Morgan fingerprint density at radius 1 is 0.958 bits per heavy atom. The summed E-state index contributed by atoms with van der Waals surface area (Å²) in [6.45, 7) is 15.1. The zero-order valence-electron chi connectivity index (χ0n) is 16.3. The average molecular weight is 325 g/mol. The molecule has 0 amide bonds. The Morgan fingerprint density at radius 2 is 1.58 bits per heavy atom. The summed E-state index contributed by atoms with van der Waals surface area (Å²) in [4.78, 5) is 4.69. The summed E-state index contributed by atoms with van der Waals surface area (Å²) in [5.41, 5.74) is 7.20. The van der Waals surface area contributed by atoms with E-state index in [0.29, 0.717) is 5.92 Å². The second kappa shape index (κ2) is 7.83. The van der Waals surface area contributed by atoms with Crippen molar-refractivity contribution in [1.82, 2.24) is 4.98 Å². The number of nitrogens with zero attached hydrogens (tertiary/aromatic N) is 1. The van der Waals surface area contributed by atoms with Crippen LogP contribution in [0.15, 0.2) is 18.2 Å². The molecule has 0 saturated carbocycles. The van der Waals surface area contributed by atoms with Crippen LogP contribution in [0.4, 0.5) is 0 Å². The van der Waals surface area contributed by atoms with Crippen LogP contribution in [-0.2, 0) is 0 Å². The number of aryl methyl sites for hydroxylation is 4. The molecule has 1 aromatic carbocycles. The molecule has 0 radical (unpaired) electrons. The maximum Gasteiger partial charge on any atom is 0.222 e. The van der Waals surface area contributed by atoms with Gasteiger partial charge >= 0.3 is 0 Å². The zero-order chi connectivity index (χ0) is 17.9. The van der Waals surface area contributed by atoms with E-state index in [1.54, 1.807) is 0 Å². The SMILES string of the molecule is CCCC(CC)c1cc(C)nc(Oc2c(C)cc(C)cc2C)c1C. The molecular formula is C22H31NO. The second-order valence-corrected chi connectivity index (χ2v) is 7.01. The fraction of sp³-hybridized carbons (Fsp3) is 0.500. The Hall–Kier alpha value is -1.83. The lowest BCUT2D eigenvalue weighted by Gasteiger charge is -2.21. The van der Waals surface area contributed by atoms with E-state index >= 15 is 0 Å². The highest BCUT2D eigenvalue weighted by Gasteiger charge is 2.17. The van der Waals surface area contributed by atoms with Gasteiger partial charge in [0, 0.05) is 11.3 Å². The Balaban J connectivity index is 2.47. The lowest BCUT2D eigenvalue weighted by Crippen LogP contribution is -2.05. The Labute approximate surface area is 147 Å². The molecule has 0 aliphatic rings. The Bertz CT molecular complexity index is 695. The molecule has 0 bridgehead atoms. The van der Waals surface area contributed by atoms with Crippen molar-refractivity contribution < 1.29 is 4.74 Å². The van der Waals surface area contributed by atoms with E-state index in [0.717, 1.165) is 34.9 Å². The van der Waals surface area contributed by atoms with Gasteiger partial charge < -0.3 is 4.74 Å². The van der Waals surface area contributed by atoms with Crippen LogP contribution < -0.4 is 4.74 Å². The fourth-order valence-corrected chi connectivity index (χ4v) is 3.61. The average Bonchev–Trinajstić information content (AvgIpc) is 2.51. The highest BCUT2D eigenvalue weighted by Crippen LogP contribution is 2.35. The molecule has 24 heavy (non-hydrogen) atoms. The predicted octanol–water partition coefficient (Wildman–Crippen LogP) is 6.71. The summed E-state index contributed by atoms with van der Waals surface area (Å²) in [5.74, 6) is 2.28. The molecule has 130 valence electrons. The molecule has 2 rings (SSSR count). The largest absolute Gasteiger partial charge is 0.438 e. The minimum absolute atomic E-state index is 0.583. The number of ether oxygens (including phenoxy) is 1. The lowest BCUT2D eigenvalue weighted by atomic mass is 9.89. The van der Waals surface area contributed by atoms with Gasteiger partial charge in [0.25, 0.3) is 0 Å². The third-order valence-electron chi connectivity index (χ3n) is 4.77. The van der Waals surface area contributed by atoms with Crippen LogP contribution in [0.5, 0.6) is 11.6 Å². The summed E-state index contributed by atoms with van der Waals surface area (Å²) >= 11 is 0.